The minimum Gasteiger partial charge on any atom is -0.331 e. The van der Waals surface area contributed by atoms with Crippen LogP contribution in [-0.2, 0) is 22.9 Å². The van der Waals surface area contributed by atoms with Crippen LogP contribution in [0.15, 0.2) is 29.6 Å². The first kappa shape index (κ1) is 17.5. The first-order valence-corrected chi connectivity index (χ1v) is 11.5. The number of benzene rings is 1. The number of thiophene rings is 1. The molecule has 2 aliphatic heterocycles. The molecule has 1 amide bonds. The van der Waals surface area contributed by atoms with E-state index in [-0.39, 0.29) is 18.0 Å². The van der Waals surface area contributed by atoms with Crippen LogP contribution in [0.2, 0.25) is 0 Å². The molecule has 2 unspecified atom stereocenters. The maximum absolute atomic E-state index is 13.1. The number of hydrogen-bond acceptors (Lipinski definition) is 4. The van der Waals surface area contributed by atoms with Gasteiger partial charge in [-0.2, -0.15) is 0 Å². The fraction of sp³-hybridized carbons (Fsp3) is 0.421. The summed E-state index contributed by atoms with van der Waals surface area (Å²) >= 11 is 1.76. The van der Waals surface area contributed by atoms with E-state index in [2.05, 4.69) is 18.4 Å². The fourth-order valence-electron chi connectivity index (χ4n) is 4.19. The van der Waals surface area contributed by atoms with Gasteiger partial charge in [0.1, 0.15) is 0 Å². The molecule has 2 aromatic rings. The van der Waals surface area contributed by atoms with Gasteiger partial charge >= 0.3 is 0 Å². The van der Waals surface area contributed by atoms with E-state index in [1.807, 2.05) is 17.9 Å². The van der Waals surface area contributed by atoms with Gasteiger partial charge in [-0.3, -0.25) is 9.10 Å². The average molecular weight is 391 g/mol. The van der Waals surface area contributed by atoms with E-state index < -0.39 is 10.0 Å². The average Bonchev–Trinajstić information content (AvgIpc) is 3.16. The molecule has 0 aliphatic carbocycles. The summed E-state index contributed by atoms with van der Waals surface area (Å²) in [4.78, 5) is 16.4. The van der Waals surface area contributed by atoms with Gasteiger partial charge in [0.25, 0.3) is 5.91 Å². The molecular weight excluding hydrogens is 368 g/mol. The van der Waals surface area contributed by atoms with Gasteiger partial charge in [0.15, 0.2) is 0 Å². The molecule has 2 aliphatic rings. The molecule has 0 saturated heterocycles. The van der Waals surface area contributed by atoms with Crippen LogP contribution in [0.25, 0.3) is 0 Å². The third kappa shape index (κ3) is 2.74. The molecule has 4 rings (SSSR count). The van der Waals surface area contributed by atoms with E-state index in [1.165, 1.54) is 21.0 Å². The van der Waals surface area contributed by atoms with Gasteiger partial charge in [-0.15, -0.1) is 11.3 Å². The summed E-state index contributed by atoms with van der Waals surface area (Å²) in [5.41, 5.74) is 3.50. The van der Waals surface area contributed by atoms with Gasteiger partial charge in [0.2, 0.25) is 10.0 Å². The lowest BCUT2D eigenvalue weighted by Crippen LogP contribution is -2.38. The molecule has 2 atom stereocenters. The molecule has 3 heterocycles. The van der Waals surface area contributed by atoms with Gasteiger partial charge in [-0.25, -0.2) is 8.42 Å². The second kappa shape index (κ2) is 6.09. The quantitative estimate of drug-likeness (QED) is 0.791. The Morgan fingerprint density at radius 3 is 2.73 bits per heavy atom. The Labute approximate surface area is 158 Å². The minimum atomic E-state index is -3.32. The van der Waals surface area contributed by atoms with E-state index in [9.17, 15) is 13.2 Å². The van der Waals surface area contributed by atoms with Gasteiger partial charge in [0, 0.05) is 23.0 Å². The maximum Gasteiger partial charge on any atom is 0.254 e. The van der Waals surface area contributed by atoms with E-state index in [4.69, 9.17) is 0 Å². The highest BCUT2D eigenvalue weighted by Gasteiger charge is 2.34. The summed E-state index contributed by atoms with van der Waals surface area (Å²) in [6, 6.07) is 7.46. The van der Waals surface area contributed by atoms with Crippen molar-refractivity contribution in [2.75, 3.05) is 17.1 Å². The minimum absolute atomic E-state index is 0.0163. The van der Waals surface area contributed by atoms with Crippen LogP contribution in [0.4, 0.5) is 5.69 Å². The number of carbonyl (C=O) groups is 1. The van der Waals surface area contributed by atoms with Crippen LogP contribution in [0, 0.1) is 0 Å². The van der Waals surface area contributed by atoms with Crippen molar-refractivity contribution in [1.29, 1.82) is 0 Å². The third-order valence-corrected chi connectivity index (χ3v) is 7.64. The van der Waals surface area contributed by atoms with Crippen molar-refractivity contribution >= 4 is 33.0 Å². The van der Waals surface area contributed by atoms with Crippen LogP contribution in [0.5, 0.6) is 0 Å². The molecule has 0 spiro atoms. The number of sulfonamides is 1. The molecule has 7 heteroatoms. The summed E-state index contributed by atoms with van der Waals surface area (Å²) in [6.07, 6.45) is 2.76. The number of amides is 1. The number of fused-ring (bicyclic) bond motifs is 2. The Balaban J connectivity index is 1.64. The van der Waals surface area contributed by atoms with Crippen molar-refractivity contribution < 1.29 is 13.2 Å². The Kier molecular flexibility index (Phi) is 4.11. The molecule has 0 radical (unpaired) electrons. The molecule has 0 N–H and O–H groups in total. The van der Waals surface area contributed by atoms with E-state index in [1.54, 1.807) is 23.5 Å². The third-order valence-electron chi connectivity index (χ3n) is 5.37. The molecule has 1 aromatic heterocycles. The van der Waals surface area contributed by atoms with E-state index in [0.29, 0.717) is 17.7 Å². The molecule has 5 nitrogen and oxygen atoms in total. The second-order valence-electron chi connectivity index (χ2n) is 7.18. The summed E-state index contributed by atoms with van der Waals surface area (Å²) in [6.45, 7) is 4.69. The van der Waals surface area contributed by atoms with Crippen LogP contribution in [0.1, 0.15) is 46.3 Å². The SMILES string of the molecule is CC1c2ccsc2CCN1C(=O)c1ccc2c(c1)CC(C)N2S(C)(=O)=O. The van der Waals surface area contributed by atoms with E-state index >= 15 is 0 Å². The summed E-state index contributed by atoms with van der Waals surface area (Å²) in [5, 5.41) is 2.09. The predicted molar refractivity (Wildman–Crippen MR) is 104 cm³/mol. The number of hydrogen-bond donors (Lipinski definition) is 0. The van der Waals surface area contributed by atoms with Gasteiger partial charge in [-0.05, 0) is 67.5 Å². The molecule has 0 saturated carbocycles. The monoisotopic (exact) mass is 390 g/mol. The topological polar surface area (TPSA) is 57.7 Å². The zero-order valence-electron chi connectivity index (χ0n) is 15.1. The lowest BCUT2D eigenvalue weighted by Gasteiger charge is -2.33. The largest absolute Gasteiger partial charge is 0.331 e. The second-order valence-corrected chi connectivity index (χ2v) is 10.0. The van der Waals surface area contributed by atoms with Crippen molar-refractivity contribution in [3.05, 3.63) is 51.2 Å². The Hall–Kier alpha value is -1.86. The molecular formula is C19H22N2O3S2. The molecule has 138 valence electrons. The molecule has 1 aromatic carbocycles. The highest BCUT2D eigenvalue weighted by atomic mass is 32.2. The van der Waals surface area contributed by atoms with Crippen molar-refractivity contribution in [2.24, 2.45) is 0 Å². The van der Waals surface area contributed by atoms with Gasteiger partial charge < -0.3 is 4.90 Å². The zero-order chi connectivity index (χ0) is 18.6. The highest BCUT2D eigenvalue weighted by Crippen LogP contribution is 2.37. The molecule has 0 bridgehead atoms. The van der Waals surface area contributed by atoms with Crippen LogP contribution in [0.3, 0.4) is 0 Å². The summed E-state index contributed by atoms with van der Waals surface area (Å²) < 4.78 is 25.6. The predicted octanol–water partition coefficient (Wildman–Crippen LogP) is 3.22. The van der Waals surface area contributed by atoms with Crippen LogP contribution >= 0.6 is 11.3 Å². The first-order chi connectivity index (χ1) is 12.3. The standard InChI is InChI=1S/C19H22N2O3S2/c1-12-10-15-11-14(4-5-17(15)21(12)26(3,23)24)19(22)20-8-6-18-16(13(20)2)7-9-25-18/h4-5,7,9,11-13H,6,8,10H2,1-3H3. The van der Waals surface area contributed by atoms with Gasteiger partial charge in [0.05, 0.1) is 18.0 Å². The van der Waals surface area contributed by atoms with Crippen LogP contribution < -0.4 is 4.31 Å². The number of anilines is 1. The van der Waals surface area contributed by atoms with Crippen molar-refractivity contribution in [2.45, 2.75) is 38.8 Å². The lowest BCUT2D eigenvalue weighted by molar-refractivity contribution is 0.0679. The summed E-state index contributed by atoms with van der Waals surface area (Å²) in [7, 11) is -3.32. The fourth-order valence-corrected chi connectivity index (χ4v) is 6.42. The Bertz CT molecular complexity index is 980. The van der Waals surface area contributed by atoms with Gasteiger partial charge in [-0.1, -0.05) is 0 Å². The first-order valence-electron chi connectivity index (χ1n) is 8.77. The number of carbonyl (C=O) groups excluding carboxylic acids is 1. The lowest BCUT2D eigenvalue weighted by atomic mass is 9.99. The molecule has 26 heavy (non-hydrogen) atoms. The molecule has 0 fully saturated rings. The normalized spacial score (nSPS) is 22.3. The number of nitrogens with zero attached hydrogens (tertiary/aromatic N) is 2. The van der Waals surface area contributed by atoms with Crippen molar-refractivity contribution in [1.82, 2.24) is 4.90 Å². The van der Waals surface area contributed by atoms with Crippen molar-refractivity contribution in [3.8, 4) is 0 Å². The Morgan fingerprint density at radius 2 is 2.00 bits per heavy atom. The number of rotatable bonds is 2. The summed E-state index contributed by atoms with van der Waals surface area (Å²) in [5.74, 6) is 0.0163. The highest BCUT2D eigenvalue weighted by molar-refractivity contribution is 7.92. The van der Waals surface area contributed by atoms with Crippen molar-refractivity contribution in [3.63, 3.8) is 0 Å². The van der Waals surface area contributed by atoms with E-state index in [0.717, 1.165) is 18.5 Å². The smallest absolute Gasteiger partial charge is 0.254 e. The maximum atomic E-state index is 13.1. The van der Waals surface area contributed by atoms with Crippen LogP contribution in [-0.4, -0.2) is 38.1 Å². The zero-order valence-corrected chi connectivity index (χ0v) is 16.7. The Morgan fingerprint density at radius 1 is 1.23 bits per heavy atom.